The van der Waals surface area contributed by atoms with E-state index in [0.29, 0.717) is 0 Å². The molecule has 1 aromatic rings. The lowest BCUT2D eigenvalue weighted by Gasteiger charge is -2.04. The van der Waals surface area contributed by atoms with E-state index in [9.17, 15) is 9.18 Å². The standard InChI is InChI=1S/C11H8FNO3/c12-9(11(14)15)7-8-3-1-2-4-10(8)16-6-5-13/h1-4,7H,6H2,(H,14,15). The molecule has 0 radical (unpaired) electrons. The first-order valence-corrected chi connectivity index (χ1v) is 4.34. The molecule has 0 spiro atoms. The predicted octanol–water partition coefficient (Wildman–Crippen LogP) is 1.98. The Morgan fingerprint density at radius 3 is 2.88 bits per heavy atom. The van der Waals surface area contributed by atoms with Gasteiger partial charge in [0.05, 0.1) is 0 Å². The quantitative estimate of drug-likeness (QED) is 0.789. The maximum Gasteiger partial charge on any atom is 0.364 e. The van der Waals surface area contributed by atoms with Crippen LogP contribution in [0.1, 0.15) is 5.56 Å². The summed E-state index contributed by atoms with van der Waals surface area (Å²) >= 11 is 0. The SMILES string of the molecule is N#CCOc1ccccc1C=C(F)C(=O)O. The van der Waals surface area contributed by atoms with Crippen LogP contribution in [0, 0.1) is 11.3 Å². The summed E-state index contributed by atoms with van der Waals surface area (Å²) in [6.07, 6.45) is 0.842. The molecule has 1 N–H and O–H groups in total. The van der Waals surface area contributed by atoms with E-state index in [-0.39, 0.29) is 17.9 Å². The molecule has 5 heteroatoms. The molecular formula is C11H8FNO3. The molecule has 1 aromatic carbocycles. The minimum atomic E-state index is -1.64. The molecule has 0 atom stereocenters. The van der Waals surface area contributed by atoms with Crippen molar-refractivity contribution < 1.29 is 19.0 Å². The van der Waals surface area contributed by atoms with Crippen molar-refractivity contribution in [1.29, 1.82) is 5.26 Å². The second-order valence-corrected chi connectivity index (χ2v) is 2.78. The van der Waals surface area contributed by atoms with Crippen molar-refractivity contribution in [3.05, 3.63) is 35.7 Å². The van der Waals surface area contributed by atoms with Gasteiger partial charge in [0.15, 0.2) is 6.61 Å². The lowest BCUT2D eigenvalue weighted by molar-refractivity contribution is -0.134. The zero-order valence-corrected chi connectivity index (χ0v) is 8.18. The number of carboxylic acid groups (broad SMARTS) is 1. The Hall–Kier alpha value is -2.35. The maximum atomic E-state index is 12.9. The monoisotopic (exact) mass is 221 g/mol. The Bertz CT molecular complexity index is 463. The summed E-state index contributed by atoms with van der Waals surface area (Å²) in [7, 11) is 0. The van der Waals surface area contributed by atoms with Crippen LogP contribution in [-0.4, -0.2) is 17.7 Å². The number of hydrogen-bond acceptors (Lipinski definition) is 3. The van der Waals surface area contributed by atoms with Crippen LogP contribution < -0.4 is 4.74 Å². The average Bonchev–Trinajstić information content (AvgIpc) is 2.27. The molecule has 82 valence electrons. The van der Waals surface area contributed by atoms with Gasteiger partial charge in [-0.3, -0.25) is 0 Å². The van der Waals surface area contributed by atoms with Crippen LogP contribution in [0.5, 0.6) is 5.75 Å². The first-order valence-electron chi connectivity index (χ1n) is 4.34. The van der Waals surface area contributed by atoms with Crippen LogP contribution >= 0.6 is 0 Å². The molecule has 0 aliphatic heterocycles. The van der Waals surface area contributed by atoms with Gasteiger partial charge in [-0.25, -0.2) is 4.79 Å². The average molecular weight is 221 g/mol. The molecule has 0 heterocycles. The highest BCUT2D eigenvalue weighted by atomic mass is 19.1. The van der Waals surface area contributed by atoms with Gasteiger partial charge in [-0.05, 0) is 12.1 Å². The number of halogens is 1. The molecule has 1 rings (SSSR count). The number of nitrogens with zero attached hydrogens (tertiary/aromatic N) is 1. The van der Waals surface area contributed by atoms with E-state index in [2.05, 4.69) is 0 Å². The van der Waals surface area contributed by atoms with E-state index in [1.54, 1.807) is 18.2 Å². The highest BCUT2D eigenvalue weighted by Gasteiger charge is 2.07. The molecule has 0 amide bonds. The molecule has 0 saturated carbocycles. The molecule has 4 nitrogen and oxygen atoms in total. The molecule has 0 aromatic heterocycles. The lowest BCUT2D eigenvalue weighted by atomic mass is 10.2. The van der Waals surface area contributed by atoms with Crippen molar-refractivity contribution in [2.75, 3.05) is 6.61 Å². The normalized spacial score (nSPS) is 10.6. The van der Waals surface area contributed by atoms with Crippen LogP contribution in [-0.2, 0) is 4.79 Å². The third-order valence-corrected chi connectivity index (χ3v) is 1.70. The maximum absolute atomic E-state index is 12.9. The van der Waals surface area contributed by atoms with Crippen LogP contribution in [0.2, 0.25) is 0 Å². The topological polar surface area (TPSA) is 70.3 Å². The number of nitriles is 1. The zero-order valence-electron chi connectivity index (χ0n) is 8.18. The summed E-state index contributed by atoms with van der Waals surface area (Å²) in [5, 5.41) is 16.7. The van der Waals surface area contributed by atoms with Crippen molar-refractivity contribution in [3.8, 4) is 11.8 Å². The second-order valence-electron chi connectivity index (χ2n) is 2.78. The molecule has 0 aliphatic rings. The molecule has 16 heavy (non-hydrogen) atoms. The van der Waals surface area contributed by atoms with Crippen LogP contribution in [0.4, 0.5) is 4.39 Å². The minimum absolute atomic E-state index is 0.181. The van der Waals surface area contributed by atoms with E-state index in [1.165, 1.54) is 12.1 Å². The van der Waals surface area contributed by atoms with Gasteiger partial charge >= 0.3 is 5.97 Å². The summed E-state index contributed by atoms with van der Waals surface area (Å²) in [6, 6.07) is 8.04. The van der Waals surface area contributed by atoms with Gasteiger partial charge in [-0.2, -0.15) is 9.65 Å². The van der Waals surface area contributed by atoms with Crippen molar-refractivity contribution >= 4 is 12.0 Å². The second kappa shape index (κ2) is 5.51. The smallest absolute Gasteiger partial charge is 0.364 e. The number of ether oxygens (including phenoxy) is 1. The van der Waals surface area contributed by atoms with Crippen LogP contribution in [0.15, 0.2) is 30.1 Å². The number of carboxylic acids is 1. The fourth-order valence-electron chi connectivity index (χ4n) is 1.04. The van der Waals surface area contributed by atoms with Gasteiger partial charge in [0.25, 0.3) is 0 Å². The minimum Gasteiger partial charge on any atom is -0.478 e. The van der Waals surface area contributed by atoms with E-state index in [4.69, 9.17) is 15.1 Å². The highest BCUT2D eigenvalue weighted by molar-refractivity contribution is 5.90. The van der Waals surface area contributed by atoms with Crippen LogP contribution in [0.3, 0.4) is 0 Å². The molecule has 0 bridgehead atoms. The summed E-state index contributed by atoms with van der Waals surface area (Å²) in [6.45, 7) is -0.181. The molecule has 0 saturated heterocycles. The van der Waals surface area contributed by atoms with Gasteiger partial charge in [0.2, 0.25) is 5.83 Å². The molecular weight excluding hydrogens is 213 g/mol. The van der Waals surface area contributed by atoms with Crippen molar-refractivity contribution in [1.82, 2.24) is 0 Å². The van der Waals surface area contributed by atoms with Crippen LogP contribution in [0.25, 0.3) is 6.08 Å². The number of hydrogen-bond donors (Lipinski definition) is 1. The third-order valence-electron chi connectivity index (χ3n) is 1.70. The van der Waals surface area contributed by atoms with Gasteiger partial charge in [0.1, 0.15) is 11.8 Å². The Labute approximate surface area is 91.2 Å². The van der Waals surface area contributed by atoms with Gasteiger partial charge in [0, 0.05) is 5.56 Å². The van der Waals surface area contributed by atoms with E-state index < -0.39 is 11.8 Å². The number of para-hydroxylation sites is 1. The first-order chi connectivity index (χ1) is 7.65. The Balaban J connectivity index is 3.00. The number of benzene rings is 1. The lowest BCUT2D eigenvalue weighted by Crippen LogP contribution is -1.97. The highest BCUT2D eigenvalue weighted by Crippen LogP contribution is 2.21. The molecule has 0 aliphatic carbocycles. The van der Waals surface area contributed by atoms with Gasteiger partial charge in [-0.15, -0.1) is 0 Å². The number of carbonyl (C=O) groups is 1. The summed E-state index contributed by atoms with van der Waals surface area (Å²) in [5.41, 5.74) is 0.276. The summed E-state index contributed by atoms with van der Waals surface area (Å²) < 4.78 is 17.9. The molecule has 0 unspecified atom stereocenters. The zero-order chi connectivity index (χ0) is 12.0. The fourth-order valence-corrected chi connectivity index (χ4v) is 1.04. The Kier molecular flexibility index (Phi) is 4.04. The number of aliphatic carboxylic acids is 1. The summed E-state index contributed by atoms with van der Waals surface area (Å²) in [5.74, 6) is -2.66. The van der Waals surface area contributed by atoms with E-state index >= 15 is 0 Å². The van der Waals surface area contributed by atoms with Gasteiger partial charge < -0.3 is 9.84 Å². The number of rotatable bonds is 4. The van der Waals surface area contributed by atoms with Crippen molar-refractivity contribution in [2.24, 2.45) is 0 Å². The van der Waals surface area contributed by atoms with Crippen molar-refractivity contribution in [3.63, 3.8) is 0 Å². The van der Waals surface area contributed by atoms with Crippen molar-refractivity contribution in [2.45, 2.75) is 0 Å². The largest absolute Gasteiger partial charge is 0.478 e. The fraction of sp³-hybridized carbons (Fsp3) is 0.0909. The first kappa shape index (κ1) is 11.7. The summed E-state index contributed by atoms with van der Waals surface area (Å²) in [4.78, 5) is 10.3. The van der Waals surface area contributed by atoms with E-state index in [1.807, 2.05) is 0 Å². The van der Waals surface area contributed by atoms with Gasteiger partial charge in [-0.1, -0.05) is 18.2 Å². The Morgan fingerprint density at radius 2 is 2.25 bits per heavy atom. The van der Waals surface area contributed by atoms with E-state index in [0.717, 1.165) is 6.08 Å². The molecule has 0 fully saturated rings. The Morgan fingerprint density at radius 1 is 1.56 bits per heavy atom. The third kappa shape index (κ3) is 3.10. The predicted molar refractivity (Wildman–Crippen MR) is 54.3 cm³/mol.